The van der Waals surface area contributed by atoms with Crippen molar-refractivity contribution in [3.8, 4) is 11.5 Å². The number of piperidine rings is 1. The highest BCUT2D eigenvalue weighted by Gasteiger charge is 2.16. The second-order valence-corrected chi connectivity index (χ2v) is 3.97. The van der Waals surface area contributed by atoms with Gasteiger partial charge in [-0.3, -0.25) is 0 Å². The zero-order chi connectivity index (χ0) is 11.2. The van der Waals surface area contributed by atoms with Crippen LogP contribution in [0.2, 0.25) is 0 Å². The number of para-hydroxylation sites is 2. The van der Waals surface area contributed by atoms with Crippen molar-refractivity contribution in [3.05, 3.63) is 24.3 Å². The minimum atomic E-state index is 0. The van der Waals surface area contributed by atoms with Crippen molar-refractivity contribution in [2.75, 3.05) is 19.7 Å². The van der Waals surface area contributed by atoms with E-state index in [1.807, 2.05) is 31.2 Å². The molecule has 1 aromatic carbocycles. The molecule has 0 amide bonds. The fourth-order valence-electron chi connectivity index (χ4n) is 1.92. The minimum absolute atomic E-state index is 0. The van der Waals surface area contributed by atoms with Crippen LogP contribution in [0.15, 0.2) is 24.3 Å². The van der Waals surface area contributed by atoms with Crippen molar-refractivity contribution in [3.63, 3.8) is 0 Å². The normalized spacial score (nSPS) is 19.2. The molecule has 1 N–H and O–H groups in total. The summed E-state index contributed by atoms with van der Waals surface area (Å²) in [6.07, 6.45) is 2.57. The highest BCUT2D eigenvalue weighted by atomic mass is 35.5. The Balaban J connectivity index is 0.00000144. The molecule has 1 aliphatic heterocycles. The third-order valence-corrected chi connectivity index (χ3v) is 2.69. The largest absolute Gasteiger partial charge is 0.490 e. The average Bonchev–Trinajstić information content (AvgIpc) is 2.33. The Morgan fingerprint density at radius 1 is 1.29 bits per heavy atom. The van der Waals surface area contributed by atoms with Crippen LogP contribution in [0.25, 0.3) is 0 Å². The topological polar surface area (TPSA) is 30.5 Å². The van der Waals surface area contributed by atoms with Gasteiger partial charge in [0.25, 0.3) is 0 Å². The van der Waals surface area contributed by atoms with Gasteiger partial charge in [0, 0.05) is 6.54 Å². The van der Waals surface area contributed by atoms with E-state index < -0.39 is 0 Å². The van der Waals surface area contributed by atoms with Crippen LogP contribution in [0.4, 0.5) is 0 Å². The number of rotatable bonds is 4. The van der Waals surface area contributed by atoms with Crippen LogP contribution in [0.3, 0.4) is 0 Å². The molecule has 1 fully saturated rings. The molecule has 0 radical (unpaired) electrons. The lowest BCUT2D eigenvalue weighted by Crippen LogP contribution is -2.37. The van der Waals surface area contributed by atoms with Gasteiger partial charge in [-0.1, -0.05) is 12.1 Å². The second-order valence-electron chi connectivity index (χ2n) is 3.97. The Labute approximate surface area is 109 Å². The SMILES string of the molecule is CCOc1ccccc1O[C@@H]1CCCNC1.Cl. The van der Waals surface area contributed by atoms with Crippen molar-refractivity contribution in [1.29, 1.82) is 0 Å². The molecule has 0 aliphatic carbocycles. The summed E-state index contributed by atoms with van der Waals surface area (Å²) in [5.41, 5.74) is 0. The number of nitrogens with one attached hydrogen (secondary N) is 1. The van der Waals surface area contributed by atoms with Gasteiger partial charge in [0.05, 0.1) is 6.61 Å². The number of hydrogen-bond donors (Lipinski definition) is 1. The number of benzene rings is 1. The average molecular weight is 258 g/mol. The molecular formula is C13H20ClNO2. The highest BCUT2D eigenvalue weighted by Crippen LogP contribution is 2.28. The number of halogens is 1. The third-order valence-electron chi connectivity index (χ3n) is 2.69. The third kappa shape index (κ3) is 4.10. The molecule has 1 heterocycles. The van der Waals surface area contributed by atoms with Crippen LogP contribution in [0.1, 0.15) is 19.8 Å². The lowest BCUT2D eigenvalue weighted by atomic mass is 10.1. The molecule has 1 saturated heterocycles. The maximum Gasteiger partial charge on any atom is 0.161 e. The Hall–Kier alpha value is -0.930. The molecule has 1 aliphatic rings. The van der Waals surface area contributed by atoms with Crippen LogP contribution in [-0.4, -0.2) is 25.8 Å². The van der Waals surface area contributed by atoms with E-state index in [1.165, 1.54) is 6.42 Å². The Morgan fingerprint density at radius 3 is 2.71 bits per heavy atom. The van der Waals surface area contributed by atoms with E-state index in [0.717, 1.165) is 31.0 Å². The van der Waals surface area contributed by atoms with Gasteiger partial charge < -0.3 is 14.8 Å². The van der Waals surface area contributed by atoms with Gasteiger partial charge in [0.15, 0.2) is 11.5 Å². The summed E-state index contributed by atoms with van der Waals surface area (Å²) in [5.74, 6) is 1.70. The number of ether oxygens (including phenoxy) is 2. The first kappa shape index (κ1) is 14.1. The molecule has 17 heavy (non-hydrogen) atoms. The predicted octanol–water partition coefficient (Wildman–Crippen LogP) is 2.64. The van der Waals surface area contributed by atoms with Crippen LogP contribution in [0.5, 0.6) is 11.5 Å². The molecule has 1 atom stereocenters. The van der Waals surface area contributed by atoms with Crippen LogP contribution in [-0.2, 0) is 0 Å². The summed E-state index contributed by atoms with van der Waals surface area (Å²) in [4.78, 5) is 0. The van der Waals surface area contributed by atoms with E-state index in [4.69, 9.17) is 9.47 Å². The van der Waals surface area contributed by atoms with E-state index in [9.17, 15) is 0 Å². The van der Waals surface area contributed by atoms with Crippen molar-refractivity contribution in [1.82, 2.24) is 5.32 Å². The quantitative estimate of drug-likeness (QED) is 0.900. The predicted molar refractivity (Wildman–Crippen MR) is 71.4 cm³/mol. The van der Waals surface area contributed by atoms with E-state index in [2.05, 4.69) is 5.32 Å². The van der Waals surface area contributed by atoms with Gasteiger partial charge in [0.2, 0.25) is 0 Å². The van der Waals surface area contributed by atoms with Gasteiger partial charge in [0.1, 0.15) is 6.10 Å². The molecule has 2 rings (SSSR count). The van der Waals surface area contributed by atoms with Crippen molar-refractivity contribution in [2.45, 2.75) is 25.9 Å². The summed E-state index contributed by atoms with van der Waals surface area (Å²) in [6, 6.07) is 7.87. The van der Waals surface area contributed by atoms with E-state index in [-0.39, 0.29) is 18.5 Å². The molecule has 0 unspecified atom stereocenters. The lowest BCUT2D eigenvalue weighted by Gasteiger charge is -2.24. The standard InChI is InChI=1S/C13H19NO2.ClH/c1-2-15-12-7-3-4-8-13(12)16-11-6-5-9-14-10-11;/h3-4,7-8,11,14H,2,5-6,9-10H2,1H3;1H/t11-;/m1./s1. The Bertz CT molecular complexity index is 327. The molecular weight excluding hydrogens is 238 g/mol. The molecule has 96 valence electrons. The Kier molecular flexibility index (Phi) is 6.16. The van der Waals surface area contributed by atoms with E-state index >= 15 is 0 Å². The Morgan fingerprint density at radius 2 is 2.06 bits per heavy atom. The first-order chi connectivity index (χ1) is 7.90. The fraction of sp³-hybridized carbons (Fsp3) is 0.538. The molecule has 3 nitrogen and oxygen atoms in total. The van der Waals surface area contributed by atoms with Gasteiger partial charge in [-0.15, -0.1) is 12.4 Å². The summed E-state index contributed by atoms with van der Waals surface area (Å²) in [6.45, 7) is 4.69. The van der Waals surface area contributed by atoms with E-state index in [1.54, 1.807) is 0 Å². The van der Waals surface area contributed by atoms with Gasteiger partial charge in [-0.25, -0.2) is 0 Å². The zero-order valence-corrected chi connectivity index (χ0v) is 11.0. The first-order valence-corrected chi connectivity index (χ1v) is 5.99. The summed E-state index contributed by atoms with van der Waals surface area (Å²) < 4.78 is 11.5. The first-order valence-electron chi connectivity index (χ1n) is 5.99. The molecule has 4 heteroatoms. The zero-order valence-electron chi connectivity index (χ0n) is 10.1. The summed E-state index contributed by atoms with van der Waals surface area (Å²) in [5, 5.41) is 3.34. The monoisotopic (exact) mass is 257 g/mol. The van der Waals surface area contributed by atoms with Crippen LogP contribution >= 0.6 is 12.4 Å². The van der Waals surface area contributed by atoms with Crippen molar-refractivity contribution in [2.24, 2.45) is 0 Å². The van der Waals surface area contributed by atoms with Gasteiger partial charge in [-0.2, -0.15) is 0 Å². The molecule has 0 bridgehead atoms. The van der Waals surface area contributed by atoms with Crippen molar-refractivity contribution < 1.29 is 9.47 Å². The van der Waals surface area contributed by atoms with Crippen LogP contribution in [0, 0.1) is 0 Å². The lowest BCUT2D eigenvalue weighted by molar-refractivity contribution is 0.159. The van der Waals surface area contributed by atoms with Gasteiger partial charge in [-0.05, 0) is 38.4 Å². The molecule has 0 aromatic heterocycles. The van der Waals surface area contributed by atoms with E-state index in [0.29, 0.717) is 6.61 Å². The summed E-state index contributed by atoms with van der Waals surface area (Å²) >= 11 is 0. The van der Waals surface area contributed by atoms with Crippen LogP contribution < -0.4 is 14.8 Å². The number of hydrogen-bond acceptors (Lipinski definition) is 3. The fourth-order valence-corrected chi connectivity index (χ4v) is 1.92. The minimum Gasteiger partial charge on any atom is -0.490 e. The van der Waals surface area contributed by atoms with Crippen molar-refractivity contribution >= 4 is 12.4 Å². The molecule has 1 aromatic rings. The summed E-state index contributed by atoms with van der Waals surface area (Å²) in [7, 11) is 0. The highest BCUT2D eigenvalue weighted by molar-refractivity contribution is 5.85. The van der Waals surface area contributed by atoms with Gasteiger partial charge >= 0.3 is 0 Å². The maximum absolute atomic E-state index is 5.95. The molecule has 0 spiro atoms. The molecule has 0 saturated carbocycles. The smallest absolute Gasteiger partial charge is 0.161 e. The second kappa shape index (κ2) is 7.41. The maximum atomic E-state index is 5.95.